The Hall–Kier alpha value is -0.830. The summed E-state index contributed by atoms with van der Waals surface area (Å²) in [6, 6.07) is 0.169. The van der Waals surface area contributed by atoms with Crippen LogP contribution in [0.5, 0.6) is 0 Å². The van der Waals surface area contributed by atoms with Gasteiger partial charge in [-0.2, -0.15) is 0 Å². The van der Waals surface area contributed by atoms with Crippen molar-refractivity contribution in [3.8, 4) is 0 Å². The maximum atomic E-state index is 12.2. The lowest BCUT2D eigenvalue weighted by molar-refractivity contribution is -0.132. The maximum Gasteiger partial charge on any atom is 0.226 e. The summed E-state index contributed by atoms with van der Waals surface area (Å²) in [6.07, 6.45) is 8.72. The molecular weight excluding hydrogens is 212 g/mol. The number of allylic oxidation sites excluding steroid dienone is 1. The number of hydrogen-bond acceptors (Lipinski definition) is 2. The van der Waals surface area contributed by atoms with Crippen molar-refractivity contribution in [3.63, 3.8) is 0 Å². The average molecular weight is 236 g/mol. The standard InChI is InChI=1S/C14H24N2O/c1-11-7-13(15)10-16(9-11)14(17)8-12-5-3-2-4-6-12/h5,11,13H,2-4,6-10,15H2,1H3. The number of carbonyl (C=O) groups excluding carboxylic acids is 1. The van der Waals surface area contributed by atoms with Gasteiger partial charge in [0.25, 0.3) is 0 Å². The second-order valence-corrected chi connectivity index (χ2v) is 5.68. The molecule has 0 spiro atoms. The Morgan fingerprint density at radius 3 is 2.94 bits per heavy atom. The summed E-state index contributed by atoms with van der Waals surface area (Å²) in [7, 11) is 0. The van der Waals surface area contributed by atoms with Gasteiger partial charge in [0.2, 0.25) is 5.91 Å². The maximum absolute atomic E-state index is 12.2. The van der Waals surface area contributed by atoms with Crippen LogP contribution in [0.2, 0.25) is 0 Å². The highest BCUT2D eigenvalue weighted by atomic mass is 16.2. The van der Waals surface area contributed by atoms with E-state index in [1.165, 1.54) is 18.4 Å². The van der Waals surface area contributed by atoms with E-state index < -0.39 is 0 Å². The van der Waals surface area contributed by atoms with E-state index in [1.807, 2.05) is 4.90 Å². The van der Waals surface area contributed by atoms with Gasteiger partial charge in [-0.3, -0.25) is 4.79 Å². The van der Waals surface area contributed by atoms with E-state index in [0.29, 0.717) is 12.3 Å². The number of amides is 1. The lowest BCUT2D eigenvalue weighted by atomic mass is 9.94. The molecule has 1 heterocycles. The van der Waals surface area contributed by atoms with Gasteiger partial charge in [0.15, 0.2) is 0 Å². The van der Waals surface area contributed by atoms with Crippen molar-refractivity contribution in [1.82, 2.24) is 4.90 Å². The van der Waals surface area contributed by atoms with Gasteiger partial charge in [-0.05, 0) is 38.0 Å². The Morgan fingerprint density at radius 2 is 2.29 bits per heavy atom. The molecule has 0 saturated carbocycles. The second kappa shape index (κ2) is 5.67. The monoisotopic (exact) mass is 236 g/mol. The molecule has 2 atom stereocenters. The second-order valence-electron chi connectivity index (χ2n) is 5.68. The molecule has 1 fully saturated rings. The minimum absolute atomic E-state index is 0.169. The van der Waals surface area contributed by atoms with Crippen LogP contribution in [0, 0.1) is 5.92 Å². The normalized spacial score (nSPS) is 30.0. The fourth-order valence-corrected chi connectivity index (χ4v) is 2.97. The molecule has 1 aliphatic carbocycles. The number of likely N-dealkylation sites (tertiary alicyclic amines) is 1. The molecule has 1 aliphatic heterocycles. The lowest BCUT2D eigenvalue weighted by Crippen LogP contribution is -2.48. The van der Waals surface area contributed by atoms with Crippen LogP contribution < -0.4 is 5.73 Å². The molecule has 2 N–H and O–H groups in total. The molecule has 0 bridgehead atoms. The van der Waals surface area contributed by atoms with E-state index in [2.05, 4.69) is 13.0 Å². The fourth-order valence-electron chi connectivity index (χ4n) is 2.97. The van der Waals surface area contributed by atoms with Crippen molar-refractivity contribution in [3.05, 3.63) is 11.6 Å². The topological polar surface area (TPSA) is 46.3 Å². The van der Waals surface area contributed by atoms with Gasteiger partial charge in [-0.25, -0.2) is 0 Å². The molecule has 17 heavy (non-hydrogen) atoms. The predicted molar refractivity (Wildman–Crippen MR) is 69.5 cm³/mol. The van der Waals surface area contributed by atoms with Crippen LogP contribution >= 0.6 is 0 Å². The number of hydrogen-bond donors (Lipinski definition) is 1. The van der Waals surface area contributed by atoms with E-state index in [4.69, 9.17) is 5.73 Å². The molecule has 2 aliphatic rings. The smallest absolute Gasteiger partial charge is 0.226 e. The summed E-state index contributed by atoms with van der Waals surface area (Å²) in [6.45, 7) is 3.81. The van der Waals surface area contributed by atoms with Gasteiger partial charge in [0.1, 0.15) is 0 Å². The Balaban J connectivity index is 1.88. The molecule has 2 rings (SSSR count). The molecule has 1 saturated heterocycles. The predicted octanol–water partition coefficient (Wildman–Crippen LogP) is 2.07. The molecule has 96 valence electrons. The Morgan fingerprint density at radius 1 is 1.47 bits per heavy atom. The Labute approximate surface area is 104 Å². The van der Waals surface area contributed by atoms with Crippen molar-refractivity contribution >= 4 is 5.91 Å². The average Bonchev–Trinajstić information content (AvgIpc) is 2.29. The van der Waals surface area contributed by atoms with E-state index in [-0.39, 0.29) is 11.9 Å². The van der Waals surface area contributed by atoms with E-state index in [0.717, 1.165) is 32.4 Å². The van der Waals surface area contributed by atoms with E-state index in [9.17, 15) is 4.79 Å². The quantitative estimate of drug-likeness (QED) is 0.746. The van der Waals surface area contributed by atoms with Crippen molar-refractivity contribution in [1.29, 1.82) is 0 Å². The van der Waals surface area contributed by atoms with Gasteiger partial charge in [0, 0.05) is 25.6 Å². The molecular formula is C14H24N2O. The third kappa shape index (κ3) is 3.56. The van der Waals surface area contributed by atoms with Crippen LogP contribution in [0.15, 0.2) is 11.6 Å². The molecule has 0 radical (unpaired) electrons. The molecule has 0 aromatic heterocycles. The van der Waals surface area contributed by atoms with Crippen molar-refractivity contribution < 1.29 is 4.79 Å². The van der Waals surface area contributed by atoms with Crippen LogP contribution in [0.4, 0.5) is 0 Å². The first-order chi connectivity index (χ1) is 8.15. The highest BCUT2D eigenvalue weighted by Crippen LogP contribution is 2.22. The lowest BCUT2D eigenvalue weighted by Gasteiger charge is -2.35. The molecule has 1 amide bonds. The first kappa shape index (κ1) is 12.6. The van der Waals surface area contributed by atoms with E-state index in [1.54, 1.807) is 0 Å². The van der Waals surface area contributed by atoms with Crippen LogP contribution in [-0.2, 0) is 4.79 Å². The van der Waals surface area contributed by atoms with E-state index >= 15 is 0 Å². The van der Waals surface area contributed by atoms with Gasteiger partial charge in [-0.1, -0.05) is 18.6 Å². The highest BCUT2D eigenvalue weighted by Gasteiger charge is 2.25. The third-order valence-corrected chi connectivity index (χ3v) is 3.81. The molecule has 2 unspecified atom stereocenters. The highest BCUT2D eigenvalue weighted by molar-refractivity contribution is 5.79. The number of nitrogens with zero attached hydrogens (tertiary/aromatic N) is 1. The number of rotatable bonds is 2. The number of nitrogens with two attached hydrogens (primary N) is 1. The van der Waals surface area contributed by atoms with Gasteiger partial charge in [-0.15, -0.1) is 0 Å². The van der Waals surface area contributed by atoms with Gasteiger partial charge in [0.05, 0.1) is 0 Å². The zero-order valence-electron chi connectivity index (χ0n) is 10.8. The summed E-state index contributed by atoms with van der Waals surface area (Å²) in [5.74, 6) is 0.822. The summed E-state index contributed by atoms with van der Waals surface area (Å²) in [5, 5.41) is 0. The van der Waals surface area contributed by atoms with Gasteiger partial charge >= 0.3 is 0 Å². The molecule has 3 nitrogen and oxygen atoms in total. The van der Waals surface area contributed by atoms with Crippen molar-refractivity contribution in [2.75, 3.05) is 13.1 Å². The minimum Gasteiger partial charge on any atom is -0.341 e. The zero-order valence-corrected chi connectivity index (χ0v) is 10.8. The third-order valence-electron chi connectivity index (χ3n) is 3.81. The van der Waals surface area contributed by atoms with Gasteiger partial charge < -0.3 is 10.6 Å². The fraction of sp³-hybridized carbons (Fsp3) is 0.786. The van der Waals surface area contributed by atoms with Crippen molar-refractivity contribution in [2.24, 2.45) is 11.7 Å². The summed E-state index contributed by atoms with van der Waals surface area (Å²) < 4.78 is 0. The molecule has 3 heteroatoms. The SMILES string of the molecule is CC1CC(N)CN(C(=O)CC2=CCCCC2)C1. The molecule has 0 aromatic rings. The minimum atomic E-state index is 0.169. The number of piperidine rings is 1. The van der Waals surface area contributed by atoms with Crippen LogP contribution in [0.25, 0.3) is 0 Å². The summed E-state index contributed by atoms with van der Waals surface area (Å²) in [5.41, 5.74) is 7.32. The van der Waals surface area contributed by atoms with Crippen LogP contribution in [0.1, 0.15) is 45.4 Å². The Bertz CT molecular complexity index is 301. The molecule has 0 aromatic carbocycles. The zero-order chi connectivity index (χ0) is 12.3. The Kier molecular flexibility index (Phi) is 4.21. The van der Waals surface area contributed by atoms with Crippen LogP contribution in [-0.4, -0.2) is 29.9 Å². The first-order valence-corrected chi connectivity index (χ1v) is 6.86. The summed E-state index contributed by atoms with van der Waals surface area (Å²) in [4.78, 5) is 14.2. The summed E-state index contributed by atoms with van der Waals surface area (Å²) >= 11 is 0. The largest absolute Gasteiger partial charge is 0.341 e. The first-order valence-electron chi connectivity index (χ1n) is 6.86. The number of carbonyl (C=O) groups is 1. The van der Waals surface area contributed by atoms with Crippen LogP contribution in [0.3, 0.4) is 0 Å². The van der Waals surface area contributed by atoms with Crippen molar-refractivity contribution in [2.45, 2.75) is 51.5 Å².